The van der Waals surface area contributed by atoms with Gasteiger partial charge in [-0.15, -0.1) is 0 Å². The predicted molar refractivity (Wildman–Crippen MR) is 72.7 cm³/mol. The quantitative estimate of drug-likeness (QED) is 0.723. The number of rotatable bonds is 6. The van der Waals surface area contributed by atoms with Crippen molar-refractivity contribution in [2.45, 2.75) is 32.9 Å². The van der Waals surface area contributed by atoms with E-state index in [1.165, 1.54) is 0 Å². The Hall–Kier alpha value is -1.88. The number of aliphatic carboxylic acids is 1. The number of carboxylic acids is 1. The molecule has 0 heterocycles. The highest BCUT2D eigenvalue weighted by Gasteiger charge is 2.22. The number of nitrogens with two attached hydrogens (primary N) is 1. The lowest BCUT2D eigenvalue weighted by Gasteiger charge is -2.17. The lowest BCUT2D eigenvalue weighted by molar-refractivity contribution is -0.139. The molecule has 19 heavy (non-hydrogen) atoms. The molecule has 0 spiro atoms. The van der Waals surface area contributed by atoms with Crippen LogP contribution in [-0.2, 0) is 11.3 Å². The van der Waals surface area contributed by atoms with Crippen LogP contribution in [0.15, 0.2) is 24.3 Å². The van der Waals surface area contributed by atoms with Crippen molar-refractivity contribution in [1.29, 1.82) is 0 Å². The Labute approximate surface area is 112 Å². The Kier molecular flexibility index (Phi) is 5.51. The number of hydrogen-bond donors (Lipinski definition) is 3. The second kappa shape index (κ2) is 6.89. The molecule has 0 aliphatic rings. The summed E-state index contributed by atoms with van der Waals surface area (Å²) in [6.45, 7) is 4.07. The fraction of sp³-hybridized carbons (Fsp3) is 0.429. The molecule has 4 N–H and O–H groups in total. The number of carbonyl (C=O) groups excluding carboxylic acids is 1. The van der Waals surface area contributed by atoms with Crippen LogP contribution in [0.5, 0.6) is 0 Å². The van der Waals surface area contributed by atoms with E-state index < -0.39 is 17.9 Å². The molecule has 1 amide bonds. The zero-order valence-corrected chi connectivity index (χ0v) is 11.2. The maximum Gasteiger partial charge on any atom is 0.326 e. The molecule has 0 aromatic heterocycles. The first kappa shape index (κ1) is 15.2. The third-order valence-corrected chi connectivity index (χ3v) is 2.79. The molecular formula is C14H20N2O3. The Morgan fingerprint density at radius 3 is 2.47 bits per heavy atom. The average molecular weight is 264 g/mol. The third kappa shape index (κ3) is 4.37. The first-order chi connectivity index (χ1) is 8.95. The maximum absolute atomic E-state index is 12.1. The van der Waals surface area contributed by atoms with Gasteiger partial charge in [0.15, 0.2) is 0 Å². The Morgan fingerprint density at radius 2 is 1.95 bits per heavy atom. The minimum Gasteiger partial charge on any atom is -0.480 e. The first-order valence-electron chi connectivity index (χ1n) is 6.27. The molecule has 5 nitrogen and oxygen atoms in total. The van der Waals surface area contributed by atoms with Gasteiger partial charge in [0.2, 0.25) is 0 Å². The Balaban J connectivity index is 2.84. The van der Waals surface area contributed by atoms with Crippen LogP contribution in [0.25, 0.3) is 0 Å². The highest BCUT2D eigenvalue weighted by Crippen LogP contribution is 2.10. The van der Waals surface area contributed by atoms with Gasteiger partial charge in [-0.1, -0.05) is 32.0 Å². The van der Waals surface area contributed by atoms with Crippen molar-refractivity contribution >= 4 is 11.9 Å². The molecule has 0 aliphatic heterocycles. The summed E-state index contributed by atoms with van der Waals surface area (Å²) in [5.74, 6) is -1.23. The van der Waals surface area contributed by atoms with Crippen LogP contribution < -0.4 is 11.1 Å². The van der Waals surface area contributed by atoms with Gasteiger partial charge < -0.3 is 16.2 Å². The first-order valence-corrected chi connectivity index (χ1v) is 6.27. The zero-order chi connectivity index (χ0) is 14.4. The fourth-order valence-corrected chi connectivity index (χ4v) is 1.85. The second-order valence-electron chi connectivity index (χ2n) is 4.86. The summed E-state index contributed by atoms with van der Waals surface area (Å²) in [5.41, 5.74) is 6.70. The van der Waals surface area contributed by atoms with Crippen LogP contribution in [0.1, 0.15) is 36.2 Å². The van der Waals surface area contributed by atoms with Crippen molar-refractivity contribution in [1.82, 2.24) is 5.32 Å². The summed E-state index contributed by atoms with van der Waals surface area (Å²) >= 11 is 0. The minimum atomic E-state index is -1.02. The van der Waals surface area contributed by atoms with Gasteiger partial charge in [-0.3, -0.25) is 4.79 Å². The summed E-state index contributed by atoms with van der Waals surface area (Å²) in [6.07, 6.45) is 0.395. The summed E-state index contributed by atoms with van der Waals surface area (Å²) in [7, 11) is 0. The SMILES string of the molecule is CC(C)CC(NC(=O)c1ccccc1CN)C(=O)O. The van der Waals surface area contributed by atoms with Gasteiger partial charge in [0.25, 0.3) is 5.91 Å². The molecule has 5 heteroatoms. The van der Waals surface area contributed by atoms with Crippen molar-refractivity contribution < 1.29 is 14.7 Å². The van der Waals surface area contributed by atoms with E-state index >= 15 is 0 Å². The number of nitrogens with one attached hydrogen (secondary N) is 1. The highest BCUT2D eigenvalue weighted by atomic mass is 16.4. The van der Waals surface area contributed by atoms with Gasteiger partial charge >= 0.3 is 5.97 Å². The predicted octanol–water partition coefficient (Wildman–Crippen LogP) is 1.37. The van der Waals surface area contributed by atoms with Gasteiger partial charge in [0.1, 0.15) is 6.04 Å². The van der Waals surface area contributed by atoms with Crippen LogP contribution >= 0.6 is 0 Å². The molecule has 0 saturated heterocycles. The van der Waals surface area contributed by atoms with E-state index in [1.54, 1.807) is 24.3 Å². The van der Waals surface area contributed by atoms with Crippen LogP contribution in [-0.4, -0.2) is 23.0 Å². The Bertz CT molecular complexity index is 458. The van der Waals surface area contributed by atoms with E-state index in [9.17, 15) is 9.59 Å². The van der Waals surface area contributed by atoms with E-state index in [0.29, 0.717) is 17.5 Å². The molecule has 1 aromatic rings. The van der Waals surface area contributed by atoms with E-state index in [2.05, 4.69) is 5.32 Å². The normalized spacial score (nSPS) is 12.2. The molecule has 1 unspecified atom stereocenters. The monoisotopic (exact) mass is 264 g/mol. The van der Waals surface area contributed by atoms with Crippen LogP contribution in [0.4, 0.5) is 0 Å². The molecular weight excluding hydrogens is 244 g/mol. The smallest absolute Gasteiger partial charge is 0.326 e. The van der Waals surface area contributed by atoms with Gasteiger partial charge in [-0.25, -0.2) is 4.79 Å². The number of carboxylic acid groups (broad SMARTS) is 1. The second-order valence-corrected chi connectivity index (χ2v) is 4.86. The number of carbonyl (C=O) groups is 2. The van der Waals surface area contributed by atoms with Crippen molar-refractivity contribution in [3.63, 3.8) is 0 Å². The molecule has 0 saturated carbocycles. The van der Waals surface area contributed by atoms with E-state index in [4.69, 9.17) is 10.8 Å². The highest BCUT2D eigenvalue weighted by molar-refractivity contribution is 5.97. The third-order valence-electron chi connectivity index (χ3n) is 2.79. The molecule has 1 aromatic carbocycles. The van der Waals surface area contributed by atoms with Crippen LogP contribution in [0, 0.1) is 5.92 Å². The van der Waals surface area contributed by atoms with Gasteiger partial charge in [0.05, 0.1) is 0 Å². The topological polar surface area (TPSA) is 92.4 Å². The molecule has 0 radical (unpaired) electrons. The number of hydrogen-bond acceptors (Lipinski definition) is 3. The fourth-order valence-electron chi connectivity index (χ4n) is 1.85. The van der Waals surface area contributed by atoms with Gasteiger partial charge in [-0.2, -0.15) is 0 Å². The standard InChI is InChI=1S/C14H20N2O3/c1-9(2)7-12(14(18)19)16-13(17)11-6-4-3-5-10(11)8-15/h3-6,9,12H,7-8,15H2,1-2H3,(H,16,17)(H,18,19). The summed E-state index contributed by atoms with van der Waals surface area (Å²) in [5, 5.41) is 11.6. The molecule has 1 atom stereocenters. The molecule has 1 rings (SSSR count). The maximum atomic E-state index is 12.1. The van der Waals surface area contributed by atoms with Crippen molar-refractivity contribution in [3.8, 4) is 0 Å². The minimum absolute atomic E-state index is 0.186. The Morgan fingerprint density at radius 1 is 1.32 bits per heavy atom. The van der Waals surface area contributed by atoms with Gasteiger partial charge in [0, 0.05) is 12.1 Å². The summed E-state index contributed by atoms with van der Waals surface area (Å²) in [4.78, 5) is 23.2. The van der Waals surface area contributed by atoms with E-state index in [-0.39, 0.29) is 12.5 Å². The summed E-state index contributed by atoms with van der Waals surface area (Å²) in [6, 6.07) is 6.05. The molecule has 0 aliphatic carbocycles. The van der Waals surface area contributed by atoms with Gasteiger partial charge in [-0.05, 0) is 24.0 Å². The van der Waals surface area contributed by atoms with Crippen LogP contribution in [0.2, 0.25) is 0 Å². The largest absolute Gasteiger partial charge is 0.480 e. The van der Waals surface area contributed by atoms with Crippen LogP contribution in [0.3, 0.4) is 0 Å². The van der Waals surface area contributed by atoms with Crippen molar-refractivity contribution in [3.05, 3.63) is 35.4 Å². The van der Waals surface area contributed by atoms with Crippen molar-refractivity contribution in [2.75, 3.05) is 0 Å². The van der Waals surface area contributed by atoms with E-state index in [1.807, 2.05) is 13.8 Å². The van der Waals surface area contributed by atoms with Crippen molar-refractivity contribution in [2.24, 2.45) is 11.7 Å². The average Bonchev–Trinajstić information content (AvgIpc) is 2.37. The zero-order valence-electron chi connectivity index (χ0n) is 11.2. The molecule has 0 fully saturated rings. The molecule has 0 bridgehead atoms. The molecule has 104 valence electrons. The lowest BCUT2D eigenvalue weighted by Crippen LogP contribution is -2.42. The number of amides is 1. The lowest BCUT2D eigenvalue weighted by atomic mass is 10.0. The number of benzene rings is 1. The summed E-state index contributed by atoms with van der Waals surface area (Å²) < 4.78 is 0. The van der Waals surface area contributed by atoms with E-state index in [0.717, 1.165) is 0 Å².